The third kappa shape index (κ3) is 2.27. The van der Waals surface area contributed by atoms with E-state index in [-0.39, 0.29) is 5.82 Å². The first-order valence-electron chi connectivity index (χ1n) is 3.76. The van der Waals surface area contributed by atoms with Gasteiger partial charge in [0.2, 0.25) is 0 Å². The summed E-state index contributed by atoms with van der Waals surface area (Å²) >= 11 is 3.11. The standard InChI is InChI=1S/C9H10BrFO2/c1-9(13,5-12)7-3-2-6(11)4-8(7)10/h2-4,12-13H,5H2,1H3. The second kappa shape index (κ2) is 3.74. The summed E-state index contributed by atoms with van der Waals surface area (Å²) < 4.78 is 13.1. The lowest BCUT2D eigenvalue weighted by molar-refractivity contribution is -0.00291. The Hall–Kier alpha value is -0.450. The fraction of sp³-hybridized carbons (Fsp3) is 0.333. The Labute approximate surface area is 84.1 Å². The summed E-state index contributed by atoms with van der Waals surface area (Å²) in [6, 6.07) is 3.93. The molecule has 1 unspecified atom stereocenters. The number of rotatable bonds is 2. The second-order valence-corrected chi connectivity index (χ2v) is 3.91. The zero-order valence-electron chi connectivity index (χ0n) is 7.09. The fourth-order valence-electron chi connectivity index (χ4n) is 1.01. The summed E-state index contributed by atoms with van der Waals surface area (Å²) in [5.74, 6) is -0.385. The van der Waals surface area contributed by atoms with E-state index in [9.17, 15) is 9.50 Å². The molecule has 0 heterocycles. The van der Waals surface area contributed by atoms with Crippen molar-refractivity contribution < 1.29 is 14.6 Å². The Morgan fingerprint density at radius 2 is 2.15 bits per heavy atom. The third-order valence-corrected chi connectivity index (χ3v) is 2.48. The van der Waals surface area contributed by atoms with Gasteiger partial charge in [-0.15, -0.1) is 0 Å². The van der Waals surface area contributed by atoms with E-state index in [4.69, 9.17) is 5.11 Å². The minimum absolute atomic E-state index is 0.385. The Morgan fingerprint density at radius 3 is 2.62 bits per heavy atom. The van der Waals surface area contributed by atoms with Gasteiger partial charge in [-0.05, 0) is 24.6 Å². The molecular formula is C9H10BrFO2. The maximum absolute atomic E-state index is 12.7. The number of aliphatic hydroxyl groups excluding tert-OH is 1. The first-order valence-corrected chi connectivity index (χ1v) is 4.55. The molecule has 0 spiro atoms. The first kappa shape index (κ1) is 10.6. The monoisotopic (exact) mass is 248 g/mol. The van der Waals surface area contributed by atoms with E-state index in [0.29, 0.717) is 10.0 Å². The van der Waals surface area contributed by atoms with Gasteiger partial charge in [-0.25, -0.2) is 4.39 Å². The summed E-state index contributed by atoms with van der Waals surface area (Å²) in [7, 11) is 0. The van der Waals surface area contributed by atoms with Crippen LogP contribution in [0.15, 0.2) is 22.7 Å². The minimum atomic E-state index is -1.34. The third-order valence-electron chi connectivity index (χ3n) is 1.82. The zero-order chi connectivity index (χ0) is 10.1. The molecule has 1 atom stereocenters. The van der Waals surface area contributed by atoms with E-state index < -0.39 is 12.2 Å². The molecule has 0 saturated carbocycles. The van der Waals surface area contributed by atoms with Crippen LogP contribution in [0.4, 0.5) is 4.39 Å². The molecule has 0 aliphatic carbocycles. The molecule has 13 heavy (non-hydrogen) atoms. The van der Waals surface area contributed by atoms with E-state index >= 15 is 0 Å². The van der Waals surface area contributed by atoms with Gasteiger partial charge >= 0.3 is 0 Å². The molecule has 2 N–H and O–H groups in total. The minimum Gasteiger partial charge on any atom is -0.393 e. The van der Waals surface area contributed by atoms with Crippen molar-refractivity contribution in [1.29, 1.82) is 0 Å². The van der Waals surface area contributed by atoms with E-state index in [1.54, 1.807) is 0 Å². The van der Waals surface area contributed by atoms with Crippen LogP contribution in [0.25, 0.3) is 0 Å². The molecule has 0 amide bonds. The molecule has 1 aromatic rings. The van der Waals surface area contributed by atoms with Gasteiger partial charge in [0.1, 0.15) is 11.4 Å². The summed E-state index contributed by atoms with van der Waals surface area (Å²) in [6.45, 7) is 1.06. The maximum Gasteiger partial charge on any atom is 0.124 e. The van der Waals surface area contributed by atoms with Crippen molar-refractivity contribution in [2.75, 3.05) is 6.61 Å². The fourth-order valence-corrected chi connectivity index (χ4v) is 1.79. The molecule has 0 aliphatic heterocycles. The highest BCUT2D eigenvalue weighted by atomic mass is 79.9. The molecule has 0 radical (unpaired) electrons. The van der Waals surface area contributed by atoms with E-state index in [1.807, 2.05) is 0 Å². The van der Waals surface area contributed by atoms with E-state index in [2.05, 4.69) is 15.9 Å². The SMILES string of the molecule is CC(O)(CO)c1ccc(F)cc1Br. The van der Waals surface area contributed by atoms with Gasteiger partial charge < -0.3 is 10.2 Å². The summed E-state index contributed by atoms with van der Waals surface area (Å²) in [4.78, 5) is 0. The quantitative estimate of drug-likeness (QED) is 0.838. The first-order chi connectivity index (χ1) is 5.97. The van der Waals surface area contributed by atoms with Crippen LogP contribution >= 0.6 is 15.9 Å². The summed E-state index contributed by atoms with van der Waals surface area (Å²) in [6.07, 6.45) is 0. The van der Waals surface area contributed by atoms with Crippen molar-refractivity contribution in [1.82, 2.24) is 0 Å². The van der Waals surface area contributed by atoms with Gasteiger partial charge in [0.25, 0.3) is 0 Å². The summed E-state index contributed by atoms with van der Waals surface area (Å²) in [5, 5.41) is 18.5. The molecule has 0 fully saturated rings. The largest absolute Gasteiger partial charge is 0.393 e. The van der Waals surface area contributed by atoms with Gasteiger partial charge in [0.15, 0.2) is 0 Å². The highest BCUT2D eigenvalue weighted by Gasteiger charge is 2.24. The molecule has 1 aromatic carbocycles. The molecule has 0 aromatic heterocycles. The van der Waals surface area contributed by atoms with E-state index in [1.165, 1.54) is 25.1 Å². The Kier molecular flexibility index (Phi) is 3.05. The average molecular weight is 249 g/mol. The number of hydrogen-bond donors (Lipinski definition) is 2. The molecule has 1 rings (SSSR count). The van der Waals surface area contributed by atoms with Gasteiger partial charge in [0, 0.05) is 4.47 Å². The molecule has 72 valence electrons. The van der Waals surface area contributed by atoms with Crippen LogP contribution in [0, 0.1) is 5.82 Å². The van der Waals surface area contributed by atoms with Gasteiger partial charge in [0.05, 0.1) is 6.61 Å². The van der Waals surface area contributed by atoms with Crippen LogP contribution in [0.5, 0.6) is 0 Å². The van der Waals surface area contributed by atoms with Crippen molar-refractivity contribution in [2.45, 2.75) is 12.5 Å². The molecule has 4 heteroatoms. The zero-order valence-corrected chi connectivity index (χ0v) is 8.68. The van der Waals surface area contributed by atoms with Crippen LogP contribution in [0.2, 0.25) is 0 Å². The lowest BCUT2D eigenvalue weighted by atomic mass is 9.97. The molecule has 0 aliphatic rings. The number of aliphatic hydroxyl groups is 2. The predicted molar refractivity (Wildman–Crippen MR) is 50.8 cm³/mol. The van der Waals surface area contributed by atoms with Crippen molar-refractivity contribution >= 4 is 15.9 Å². The van der Waals surface area contributed by atoms with Gasteiger partial charge in [-0.2, -0.15) is 0 Å². The Balaban J connectivity index is 3.16. The summed E-state index contributed by atoms with van der Waals surface area (Å²) in [5.41, 5.74) is -0.872. The highest BCUT2D eigenvalue weighted by Crippen LogP contribution is 2.28. The van der Waals surface area contributed by atoms with Gasteiger partial charge in [-0.3, -0.25) is 0 Å². The van der Waals surface area contributed by atoms with Crippen molar-refractivity contribution in [2.24, 2.45) is 0 Å². The van der Waals surface area contributed by atoms with Crippen LogP contribution < -0.4 is 0 Å². The smallest absolute Gasteiger partial charge is 0.124 e. The Bertz CT molecular complexity index is 312. The van der Waals surface area contributed by atoms with Crippen molar-refractivity contribution in [3.05, 3.63) is 34.1 Å². The number of halogens is 2. The molecule has 0 bridgehead atoms. The average Bonchev–Trinajstić information content (AvgIpc) is 2.03. The molecular weight excluding hydrogens is 239 g/mol. The maximum atomic E-state index is 12.7. The second-order valence-electron chi connectivity index (χ2n) is 3.06. The van der Waals surface area contributed by atoms with Crippen LogP contribution in [0.1, 0.15) is 12.5 Å². The van der Waals surface area contributed by atoms with Crippen LogP contribution in [-0.2, 0) is 5.60 Å². The lowest BCUT2D eigenvalue weighted by Crippen LogP contribution is -2.26. The molecule has 2 nitrogen and oxygen atoms in total. The lowest BCUT2D eigenvalue weighted by Gasteiger charge is -2.22. The van der Waals surface area contributed by atoms with Gasteiger partial charge in [-0.1, -0.05) is 22.0 Å². The highest BCUT2D eigenvalue weighted by molar-refractivity contribution is 9.10. The van der Waals surface area contributed by atoms with Crippen molar-refractivity contribution in [3.8, 4) is 0 Å². The topological polar surface area (TPSA) is 40.5 Å². The molecule has 0 saturated heterocycles. The number of benzene rings is 1. The Morgan fingerprint density at radius 1 is 1.54 bits per heavy atom. The number of hydrogen-bond acceptors (Lipinski definition) is 2. The predicted octanol–water partition coefficient (Wildman–Crippen LogP) is 1.79. The normalized spacial score (nSPS) is 15.5. The van der Waals surface area contributed by atoms with E-state index in [0.717, 1.165) is 0 Å². The van der Waals surface area contributed by atoms with Crippen molar-refractivity contribution in [3.63, 3.8) is 0 Å². The van der Waals surface area contributed by atoms with Crippen LogP contribution in [0.3, 0.4) is 0 Å². The van der Waals surface area contributed by atoms with Crippen LogP contribution in [-0.4, -0.2) is 16.8 Å².